The van der Waals surface area contributed by atoms with Crippen molar-refractivity contribution in [3.05, 3.63) is 53.1 Å². The smallest absolute Gasteiger partial charge is 0.335 e. The predicted molar refractivity (Wildman–Crippen MR) is 84.1 cm³/mol. The van der Waals surface area contributed by atoms with Crippen LogP contribution >= 0.6 is 0 Å². The first kappa shape index (κ1) is 15.3. The third-order valence-corrected chi connectivity index (χ3v) is 3.96. The van der Waals surface area contributed by atoms with Gasteiger partial charge in [-0.05, 0) is 30.5 Å². The number of rotatable bonds is 5. The minimum absolute atomic E-state index is 0.110. The van der Waals surface area contributed by atoms with Gasteiger partial charge in [0.05, 0.1) is 17.7 Å². The van der Waals surface area contributed by atoms with Crippen LogP contribution in [0.25, 0.3) is 0 Å². The van der Waals surface area contributed by atoms with Crippen molar-refractivity contribution in [2.75, 3.05) is 0 Å². The summed E-state index contributed by atoms with van der Waals surface area (Å²) in [4.78, 5) is 27.5. The maximum Gasteiger partial charge on any atom is 0.335 e. The second-order valence-corrected chi connectivity index (χ2v) is 5.76. The third kappa shape index (κ3) is 3.77. The molecule has 6 heteroatoms. The number of aromatic nitrogens is 2. The zero-order chi connectivity index (χ0) is 16.2. The summed E-state index contributed by atoms with van der Waals surface area (Å²) < 4.78 is 2.13. The molecule has 0 atom stereocenters. The molecular weight excluding hydrogens is 294 g/mol. The van der Waals surface area contributed by atoms with E-state index in [9.17, 15) is 9.59 Å². The number of carboxylic acid groups (broad SMARTS) is 1. The molecule has 0 bridgehead atoms. The van der Waals surface area contributed by atoms with Gasteiger partial charge in [0.15, 0.2) is 0 Å². The van der Waals surface area contributed by atoms with Crippen LogP contribution in [-0.4, -0.2) is 26.5 Å². The predicted octanol–water partition coefficient (Wildman–Crippen LogP) is 1.78. The van der Waals surface area contributed by atoms with Crippen molar-refractivity contribution < 1.29 is 14.7 Å². The van der Waals surface area contributed by atoms with Crippen LogP contribution < -0.4 is 5.32 Å². The minimum Gasteiger partial charge on any atom is -0.478 e. The van der Waals surface area contributed by atoms with E-state index in [4.69, 9.17) is 5.11 Å². The van der Waals surface area contributed by atoms with Crippen molar-refractivity contribution >= 4 is 11.9 Å². The van der Waals surface area contributed by atoms with E-state index in [1.807, 2.05) is 6.20 Å². The number of imidazole rings is 1. The maximum atomic E-state index is 12.0. The van der Waals surface area contributed by atoms with Crippen LogP contribution in [0.1, 0.15) is 40.3 Å². The Kier molecular flexibility index (Phi) is 4.41. The van der Waals surface area contributed by atoms with E-state index in [0.29, 0.717) is 6.54 Å². The van der Waals surface area contributed by atoms with Gasteiger partial charge < -0.3 is 15.0 Å². The van der Waals surface area contributed by atoms with E-state index < -0.39 is 5.97 Å². The Labute approximate surface area is 134 Å². The van der Waals surface area contributed by atoms with E-state index in [0.717, 1.165) is 42.9 Å². The molecule has 23 heavy (non-hydrogen) atoms. The van der Waals surface area contributed by atoms with Gasteiger partial charge in [0.1, 0.15) is 5.82 Å². The van der Waals surface area contributed by atoms with Gasteiger partial charge in [0.2, 0.25) is 5.91 Å². The van der Waals surface area contributed by atoms with E-state index in [1.54, 1.807) is 18.2 Å². The largest absolute Gasteiger partial charge is 0.478 e. The molecule has 3 rings (SSSR count). The summed E-state index contributed by atoms with van der Waals surface area (Å²) in [6.07, 6.45) is 5.50. The molecule has 0 fully saturated rings. The maximum absolute atomic E-state index is 12.0. The van der Waals surface area contributed by atoms with Gasteiger partial charge in [-0.15, -0.1) is 0 Å². The lowest BCUT2D eigenvalue weighted by molar-refractivity contribution is -0.120. The molecule has 0 saturated carbocycles. The Morgan fingerprint density at radius 3 is 2.96 bits per heavy atom. The number of nitrogens with zero attached hydrogens (tertiary/aromatic N) is 2. The van der Waals surface area contributed by atoms with Crippen molar-refractivity contribution in [1.29, 1.82) is 0 Å². The average molecular weight is 313 g/mol. The topological polar surface area (TPSA) is 84.2 Å². The highest BCUT2D eigenvalue weighted by molar-refractivity contribution is 5.87. The summed E-state index contributed by atoms with van der Waals surface area (Å²) in [7, 11) is 0. The molecule has 0 radical (unpaired) electrons. The highest BCUT2D eigenvalue weighted by Crippen LogP contribution is 2.14. The van der Waals surface area contributed by atoms with Crippen LogP contribution in [-0.2, 0) is 30.7 Å². The molecule has 2 aromatic rings. The quantitative estimate of drug-likeness (QED) is 0.881. The first-order valence-corrected chi connectivity index (χ1v) is 7.75. The SMILES string of the molecule is O=C(Cc1cn2c(n1)CCCC2)NCc1cccc(C(=O)O)c1. The van der Waals surface area contributed by atoms with Gasteiger partial charge in [-0.2, -0.15) is 0 Å². The van der Waals surface area contributed by atoms with E-state index in [1.165, 1.54) is 6.07 Å². The van der Waals surface area contributed by atoms with Crippen molar-refractivity contribution in [3.8, 4) is 0 Å². The lowest BCUT2D eigenvalue weighted by Gasteiger charge is -2.11. The molecule has 0 spiro atoms. The van der Waals surface area contributed by atoms with Gasteiger partial charge in [0, 0.05) is 25.7 Å². The molecule has 2 heterocycles. The number of carbonyl (C=O) groups is 2. The summed E-state index contributed by atoms with van der Waals surface area (Å²) in [5.41, 5.74) is 1.78. The van der Waals surface area contributed by atoms with Crippen LogP contribution in [0.2, 0.25) is 0 Å². The Balaban J connectivity index is 1.56. The third-order valence-electron chi connectivity index (χ3n) is 3.96. The number of aromatic carboxylic acids is 1. The standard InChI is InChI=1S/C17H19N3O3/c21-16(9-14-11-20-7-2-1-6-15(20)19-14)18-10-12-4-3-5-13(8-12)17(22)23/h3-5,8,11H,1-2,6-7,9-10H2,(H,18,21)(H,22,23). The van der Waals surface area contributed by atoms with Gasteiger partial charge >= 0.3 is 5.97 Å². The first-order valence-electron chi connectivity index (χ1n) is 7.75. The number of hydrogen-bond acceptors (Lipinski definition) is 3. The van der Waals surface area contributed by atoms with Crippen LogP contribution in [0.5, 0.6) is 0 Å². The second-order valence-electron chi connectivity index (χ2n) is 5.76. The lowest BCUT2D eigenvalue weighted by Crippen LogP contribution is -2.24. The second kappa shape index (κ2) is 6.64. The molecule has 6 nitrogen and oxygen atoms in total. The Hall–Kier alpha value is -2.63. The van der Waals surface area contributed by atoms with Crippen molar-refractivity contribution in [1.82, 2.24) is 14.9 Å². The molecule has 1 aromatic carbocycles. The van der Waals surface area contributed by atoms with Gasteiger partial charge in [0.25, 0.3) is 0 Å². The fourth-order valence-corrected chi connectivity index (χ4v) is 2.80. The lowest BCUT2D eigenvalue weighted by atomic mass is 10.1. The molecule has 1 aliphatic rings. The molecule has 0 saturated heterocycles. The summed E-state index contributed by atoms with van der Waals surface area (Å²) in [6, 6.07) is 6.57. The zero-order valence-electron chi connectivity index (χ0n) is 12.8. The average Bonchev–Trinajstić information content (AvgIpc) is 2.95. The highest BCUT2D eigenvalue weighted by Gasteiger charge is 2.14. The number of carboxylic acids is 1. The fraction of sp³-hybridized carbons (Fsp3) is 0.353. The fourth-order valence-electron chi connectivity index (χ4n) is 2.80. The van der Waals surface area contributed by atoms with Crippen molar-refractivity contribution in [3.63, 3.8) is 0 Å². The monoisotopic (exact) mass is 313 g/mol. The summed E-state index contributed by atoms with van der Waals surface area (Å²) in [5, 5.41) is 11.8. The zero-order valence-corrected chi connectivity index (χ0v) is 12.8. The van der Waals surface area contributed by atoms with Crippen LogP contribution in [0.3, 0.4) is 0 Å². The van der Waals surface area contributed by atoms with E-state index in [-0.39, 0.29) is 17.9 Å². The molecule has 0 unspecified atom stereocenters. The summed E-state index contributed by atoms with van der Waals surface area (Å²) >= 11 is 0. The Morgan fingerprint density at radius 2 is 2.17 bits per heavy atom. The first-order chi connectivity index (χ1) is 11.1. The number of nitrogens with one attached hydrogen (secondary N) is 1. The number of carbonyl (C=O) groups excluding carboxylic acids is 1. The highest BCUT2D eigenvalue weighted by atomic mass is 16.4. The summed E-state index contributed by atoms with van der Waals surface area (Å²) in [6.45, 7) is 1.29. The normalized spacial score (nSPS) is 13.4. The number of amides is 1. The van der Waals surface area contributed by atoms with E-state index in [2.05, 4.69) is 14.9 Å². The molecule has 1 aromatic heterocycles. The Morgan fingerprint density at radius 1 is 1.30 bits per heavy atom. The minimum atomic E-state index is -0.971. The Bertz CT molecular complexity index is 713. The van der Waals surface area contributed by atoms with Crippen molar-refractivity contribution in [2.45, 2.75) is 38.8 Å². The molecule has 120 valence electrons. The van der Waals surface area contributed by atoms with Gasteiger partial charge in [-0.25, -0.2) is 9.78 Å². The van der Waals surface area contributed by atoms with Gasteiger partial charge in [-0.1, -0.05) is 12.1 Å². The number of fused-ring (bicyclic) bond motifs is 1. The number of hydrogen-bond donors (Lipinski definition) is 2. The molecular formula is C17H19N3O3. The van der Waals surface area contributed by atoms with E-state index >= 15 is 0 Å². The van der Waals surface area contributed by atoms with Crippen LogP contribution in [0.4, 0.5) is 0 Å². The van der Waals surface area contributed by atoms with Gasteiger partial charge in [-0.3, -0.25) is 4.79 Å². The summed E-state index contributed by atoms with van der Waals surface area (Å²) in [5.74, 6) is -0.0175. The van der Waals surface area contributed by atoms with Crippen LogP contribution in [0.15, 0.2) is 30.5 Å². The molecule has 2 N–H and O–H groups in total. The van der Waals surface area contributed by atoms with Crippen molar-refractivity contribution in [2.24, 2.45) is 0 Å². The molecule has 1 amide bonds. The number of benzene rings is 1. The number of aryl methyl sites for hydroxylation is 2. The van der Waals surface area contributed by atoms with Crippen LogP contribution in [0, 0.1) is 0 Å². The molecule has 1 aliphatic heterocycles. The molecule has 0 aliphatic carbocycles.